The maximum absolute atomic E-state index is 12.6. The van der Waals surface area contributed by atoms with Crippen molar-refractivity contribution in [2.24, 2.45) is 5.92 Å². The van der Waals surface area contributed by atoms with E-state index in [1.807, 2.05) is 43.3 Å². The highest BCUT2D eigenvalue weighted by atomic mass is 35.5. The van der Waals surface area contributed by atoms with E-state index in [4.69, 9.17) is 11.6 Å². The number of benzene rings is 2. The molecule has 2 aromatic rings. The standard InChI is InChI=1S/C21H23ClN2O2/c1-15(11-12-16-7-3-2-4-8-16)23-21(26)17-13-20(25)24(14-17)19-10-6-5-9-18(19)22/h2-10,15,17H,11-14H2,1H3,(H,23,26)/t15-,17+/m1/s1. The number of amides is 2. The summed E-state index contributed by atoms with van der Waals surface area (Å²) < 4.78 is 0. The number of hydrogen-bond acceptors (Lipinski definition) is 2. The van der Waals surface area contributed by atoms with Gasteiger partial charge in [0.05, 0.1) is 16.6 Å². The predicted octanol–water partition coefficient (Wildman–Crippen LogP) is 3.83. The van der Waals surface area contributed by atoms with Crippen LogP contribution in [0, 0.1) is 5.92 Å². The molecule has 136 valence electrons. The molecule has 0 aliphatic carbocycles. The topological polar surface area (TPSA) is 49.4 Å². The van der Waals surface area contributed by atoms with Gasteiger partial charge in [-0.2, -0.15) is 0 Å². The van der Waals surface area contributed by atoms with Crippen LogP contribution in [0.2, 0.25) is 5.02 Å². The van der Waals surface area contributed by atoms with E-state index in [0.29, 0.717) is 17.3 Å². The number of rotatable bonds is 6. The van der Waals surface area contributed by atoms with Gasteiger partial charge in [0.1, 0.15) is 0 Å². The number of nitrogens with one attached hydrogen (secondary N) is 1. The van der Waals surface area contributed by atoms with Crippen LogP contribution in [0.3, 0.4) is 0 Å². The zero-order valence-corrected chi connectivity index (χ0v) is 15.6. The van der Waals surface area contributed by atoms with Crippen molar-refractivity contribution in [1.82, 2.24) is 5.32 Å². The highest BCUT2D eigenvalue weighted by Gasteiger charge is 2.36. The minimum Gasteiger partial charge on any atom is -0.353 e. The fourth-order valence-electron chi connectivity index (χ4n) is 3.25. The Morgan fingerprint density at radius 1 is 1.19 bits per heavy atom. The second-order valence-electron chi connectivity index (χ2n) is 6.79. The van der Waals surface area contributed by atoms with E-state index >= 15 is 0 Å². The quantitative estimate of drug-likeness (QED) is 0.840. The lowest BCUT2D eigenvalue weighted by Gasteiger charge is -2.19. The molecule has 3 rings (SSSR count). The molecule has 1 aliphatic rings. The monoisotopic (exact) mass is 370 g/mol. The number of anilines is 1. The average Bonchev–Trinajstić information content (AvgIpc) is 3.03. The molecule has 0 aromatic heterocycles. The molecule has 0 bridgehead atoms. The van der Waals surface area contributed by atoms with Gasteiger partial charge in [0.2, 0.25) is 11.8 Å². The average molecular weight is 371 g/mol. The summed E-state index contributed by atoms with van der Waals surface area (Å²) in [5, 5.41) is 3.57. The normalized spacial score (nSPS) is 18.0. The number of nitrogens with zero attached hydrogens (tertiary/aromatic N) is 1. The summed E-state index contributed by atoms with van der Waals surface area (Å²) >= 11 is 6.19. The van der Waals surface area contributed by atoms with Crippen LogP contribution in [0.5, 0.6) is 0 Å². The van der Waals surface area contributed by atoms with E-state index in [1.165, 1.54) is 5.56 Å². The number of aryl methyl sites for hydroxylation is 1. The molecule has 0 radical (unpaired) electrons. The highest BCUT2D eigenvalue weighted by Crippen LogP contribution is 2.31. The highest BCUT2D eigenvalue weighted by molar-refractivity contribution is 6.33. The Morgan fingerprint density at radius 2 is 1.88 bits per heavy atom. The Kier molecular flexibility index (Phi) is 5.94. The first-order valence-electron chi connectivity index (χ1n) is 8.94. The van der Waals surface area contributed by atoms with Crippen molar-refractivity contribution in [3.8, 4) is 0 Å². The molecular formula is C21H23ClN2O2. The van der Waals surface area contributed by atoms with Crippen molar-refractivity contribution in [3.05, 3.63) is 65.2 Å². The molecule has 1 heterocycles. The third-order valence-electron chi connectivity index (χ3n) is 4.74. The first-order valence-corrected chi connectivity index (χ1v) is 9.31. The number of carbonyl (C=O) groups excluding carboxylic acids is 2. The molecule has 0 saturated carbocycles. The van der Waals surface area contributed by atoms with Crippen LogP contribution < -0.4 is 10.2 Å². The third-order valence-corrected chi connectivity index (χ3v) is 5.06. The minimum atomic E-state index is -0.335. The van der Waals surface area contributed by atoms with Crippen LogP contribution in [0.4, 0.5) is 5.69 Å². The predicted molar refractivity (Wildman–Crippen MR) is 104 cm³/mol. The van der Waals surface area contributed by atoms with Gasteiger partial charge in [0, 0.05) is 19.0 Å². The molecule has 1 N–H and O–H groups in total. The minimum absolute atomic E-state index is 0.0600. The number of carbonyl (C=O) groups is 2. The Morgan fingerprint density at radius 3 is 2.62 bits per heavy atom. The van der Waals surface area contributed by atoms with Crippen molar-refractivity contribution in [3.63, 3.8) is 0 Å². The van der Waals surface area contributed by atoms with Gasteiger partial charge in [0.15, 0.2) is 0 Å². The molecule has 26 heavy (non-hydrogen) atoms. The van der Waals surface area contributed by atoms with Crippen molar-refractivity contribution in [2.45, 2.75) is 32.2 Å². The Labute approximate surface area is 159 Å². The molecular weight excluding hydrogens is 348 g/mol. The summed E-state index contributed by atoms with van der Waals surface area (Å²) in [5.74, 6) is -0.457. The molecule has 1 fully saturated rings. The first-order chi connectivity index (χ1) is 12.5. The van der Waals surface area contributed by atoms with Crippen LogP contribution >= 0.6 is 11.6 Å². The maximum Gasteiger partial charge on any atom is 0.227 e. The van der Waals surface area contributed by atoms with Gasteiger partial charge in [-0.25, -0.2) is 0 Å². The Balaban J connectivity index is 1.54. The van der Waals surface area contributed by atoms with E-state index in [2.05, 4.69) is 17.4 Å². The van der Waals surface area contributed by atoms with Crippen molar-refractivity contribution >= 4 is 29.1 Å². The smallest absolute Gasteiger partial charge is 0.227 e. The van der Waals surface area contributed by atoms with Crippen molar-refractivity contribution in [2.75, 3.05) is 11.4 Å². The van der Waals surface area contributed by atoms with E-state index in [9.17, 15) is 9.59 Å². The first kappa shape index (κ1) is 18.5. The number of hydrogen-bond donors (Lipinski definition) is 1. The fraction of sp³-hybridized carbons (Fsp3) is 0.333. The van der Waals surface area contributed by atoms with Crippen molar-refractivity contribution < 1.29 is 9.59 Å². The summed E-state index contributed by atoms with van der Waals surface area (Å²) in [5.41, 5.74) is 1.93. The van der Waals surface area contributed by atoms with Crippen molar-refractivity contribution in [1.29, 1.82) is 0 Å². The summed E-state index contributed by atoms with van der Waals surface area (Å²) in [6.45, 7) is 2.38. The van der Waals surface area contributed by atoms with E-state index in [-0.39, 0.29) is 30.2 Å². The molecule has 5 heteroatoms. The molecule has 0 unspecified atom stereocenters. The number of para-hydroxylation sites is 1. The fourth-order valence-corrected chi connectivity index (χ4v) is 3.49. The van der Waals surface area contributed by atoms with Gasteiger partial charge in [-0.15, -0.1) is 0 Å². The zero-order valence-electron chi connectivity index (χ0n) is 14.8. The lowest BCUT2D eigenvalue weighted by molar-refractivity contribution is -0.126. The largest absolute Gasteiger partial charge is 0.353 e. The van der Waals surface area contributed by atoms with Crippen LogP contribution in [0.1, 0.15) is 25.3 Å². The van der Waals surface area contributed by atoms with Gasteiger partial charge in [-0.3, -0.25) is 9.59 Å². The van der Waals surface area contributed by atoms with E-state index in [0.717, 1.165) is 12.8 Å². The molecule has 4 nitrogen and oxygen atoms in total. The van der Waals surface area contributed by atoms with Crippen LogP contribution in [-0.2, 0) is 16.0 Å². The number of halogens is 1. The Bertz CT molecular complexity index is 779. The van der Waals surface area contributed by atoms with Gasteiger partial charge in [0.25, 0.3) is 0 Å². The molecule has 2 amide bonds. The second kappa shape index (κ2) is 8.37. The molecule has 2 aromatic carbocycles. The molecule has 1 aliphatic heterocycles. The summed E-state index contributed by atoms with van der Waals surface area (Å²) in [7, 11) is 0. The lowest BCUT2D eigenvalue weighted by Crippen LogP contribution is -2.38. The molecule has 0 spiro atoms. The molecule has 1 saturated heterocycles. The van der Waals surface area contributed by atoms with Gasteiger partial charge < -0.3 is 10.2 Å². The van der Waals surface area contributed by atoms with Gasteiger partial charge in [-0.05, 0) is 37.5 Å². The van der Waals surface area contributed by atoms with Crippen LogP contribution in [0.25, 0.3) is 0 Å². The summed E-state index contributed by atoms with van der Waals surface area (Å²) in [4.78, 5) is 26.5. The lowest BCUT2D eigenvalue weighted by atomic mass is 10.0. The van der Waals surface area contributed by atoms with Crippen LogP contribution in [0.15, 0.2) is 54.6 Å². The summed E-state index contributed by atoms with van der Waals surface area (Å²) in [6, 6.07) is 17.5. The SMILES string of the molecule is C[C@H](CCc1ccccc1)NC(=O)[C@H]1CC(=O)N(c2ccccc2Cl)C1. The van der Waals surface area contributed by atoms with Gasteiger partial charge in [-0.1, -0.05) is 54.1 Å². The second-order valence-corrected chi connectivity index (χ2v) is 7.20. The zero-order chi connectivity index (χ0) is 18.5. The van der Waals surface area contributed by atoms with E-state index < -0.39 is 0 Å². The third kappa shape index (κ3) is 4.44. The Hall–Kier alpha value is -2.33. The van der Waals surface area contributed by atoms with E-state index in [1.54, 1.807) is 11.0 Å². The maximum atomic E-state index is 12.6. The van der Waals surface area contributed by atoms with Crippen LogP contribution in [-0.4, -0.2) is 24.4 Å². The summed E-state index contributed by atoms with van der Waals surface area (Å²) in [6.07, 6.45) is 2.00. The van der Waals surface area contributed by atoms with Gasteiger partial charge >= 0.3 is 0 Å². The molecule has 2 atom stereocenters.